The van der Waals surface area contributed by atoms with Crippen molar-refractivity contribution < 1.29 is 9.53 Å². The average molecular weight is 295 g/mol. The molecule has 0 saturated carbocycles. The standard InChI is InChI=1S/C14H25N5O2/c1-4-10(3)17-14(20)6-7-16-12-8-11(15)18-13(19-12)9-21-5-2/h8,10H,4-7,9H2,1-3H3,(H,17,20)(H3,15,16,18,19). The first kappa shape index (κ1) is 17.2. The largest absolute Gasteiger partial charge is 0.384 e. The summed E-state index contributed by atoms with van der Waals surface area (Å²) >= 11 is 0. The van der Waals surface area contributed by atoms with Crippen LogP contribution in [0.2, 0.25) is 0 Å². The van der Waals surface area contributed by atoms with Gasteiger partial charge in [0, 0.05) is 31.7 Å². The van der Waals surface area contributed by atoms with E-state index in [0.717, 1.165) is 6.42 Å². The number of aromatic nitrogens is 2. The van der Waals surface area contributed by atoms with Gasteiger partial charge in [-0.25, -0.2) is 9.97 Å². The summed E-state index contributed by atoms with van der Waals surface area (Å²) in [7, 11) is 0. The normalized spacial score (nSPS) is 12.0. The van der Waals surface area contributed by atoms with E-state index < -0.39 is 0 Å². The number of nitrogens with one attached hydrogen (secondary N) is 2. The third kappa shape index (κ3) is 6.89. The van der Waals surface area contributed by atoms with Crippen LogP contribution in [0, 0.1) is 0 Å². The molecule has 0 radical (unpaired) electrons. The SMILES string of the molecule is CCOCc1nc(N)cc(NCCC(=O)NC(C)CC)n1. The summed E-state index contributed by atoms with van der Waals surface area (Å²) in [6.07, 6.45) is 1.30. The van der Waals surface area contributed by atoms with Crippen molar-refractivity contribution in [1.82, 2.24) is 15.3 Å². The van der Waals surface area contributed by atoms with Gasteiger partial charge in [0.1, 0.15) is 18.2 Å². The van der Waals surface area contributed by atoms with Crippen LogP contribution in [0.3, 0.4) is 0 Å². The molecule has 0 aliphatic heterocycles. The maximum absolute atomic E-state index is 11.6. The van der Waals surface area contributed by atoms with E-state index in [1.807, 2.05) is 20.8 Å². The topological polar surface area (TPSA) is 102 Å². The molecule has 1 atom stereocenters. The molecule has 1 rings (SSSR count). The second-order valence-corrected chi connectivity index (χ2v) is 4.79. The number of nitrogens with two attached hydrogens (primary N) is 1. The van der Waals surface area contributed by atoms with E-state index in [-0.39, 0.29) is 11.9 Å². The van der Waals surface area contributed by atoms with Crippen LogP contribution in [0.15, 0.2) is 6.07 Å². The van der Waals surface area contributed by atoms with Gasteiger partial charge >= 0.3 is 0 Å². The number of anilines is 2. The Morgan fingerprint density at radius 1 is 1.43 bits per heavy atom. The summed E-state index contributed by atoms with van der Waals surface area (Å²) in [4.78, 5) is 20.0. The van der Waals surface area contributed by atoms with Crippen molar-refractivity contribution in [2.45, 2.75) is 46.3 Å². The van der Waals surface area contributed by atoms with Crippen molar-refractivity contribution in [3.8, 4) is 0 Å². The van der Waals surface area contributed by atoms with Crippen LogP contribution < -0.4 is 16.4 Å². The number of carbonyl (C=O) groups excluding carboxylic acids is 1. The highest BCUT2D eigenvalue weighted by Gasteiger charge is 2.06. The Kier molecular flexibility index (Phi) is 7.45. The lowest BCUT2D eigenvalue weighted by Gasteiger charge is -2.12. The van der Waals surface area contributed by atoms with E-state index in [2.05, 4.69) is 20.6 Å². The first-order valence-electron chi connectivity index (χ1n) is 7.29. The molecule has 0 aromatic carbocycles. The minimum Gasteiger partial charge on any atom is -0.384 e. The molecule has 1 heterocycles. The predicted octanol–water partition coefficient (Wildman–Crippen LogP) is 1.31. The molecule has 0 aliphatic rings. The zero-order valence-electron chi connectivity index (χ0n) is 13.0. The van der Waals surface area contributed by atoms with Gasteiger partial charge in [-0.3, -0.25) is 4.79 Å². The number of hydrogen-bond donors (Lipinski definition) is 3. The molecular formula is C14H25N5O2. The first-order valence-corrected chi connectivity index (χ1v) is 7.29. The maximum Gasteiger partial charge on any atom is 0.221 e. The fourth-order valence-corrected chi connectivity index (χ4v) is 1.62. The molecule has 1 aromatic rings. The summed E-state index contributed by atoms with van der Waals surface area (Å²) in [5.74, 6) is 1.54. The molecule has 21 heavy (non-hydrogen) atoms. The van der Waals surface area contributed by atoms with Crippen LogP contribution in [0.1, 0.15) is 39.4 Å². The third-order valence-electron chi connectivity index (χ3n) is 2.91. The van der Waals surface area contributed by atoms with Gasteiger partial charge in [0.2, 0.25) is 5.91 Å². The minimum absolute atomic E-state index is 0.0217. The van der Waals surface area contributed by atoms with Gasteiger partial charge in [0.05, 0.1) is 0 Å². The van der Waals surface area contributed by atoms with E-state index in [9.17, 15) is 4.79 Å². The average Bonchev–Trinajstić information content (AvgIpc) is 2.44. The number of rotatable bonds is 9. The maximum atomic E-state index is 11.6. The van der Waals surface area contributed by atoms with Crippen LogP contribution in [0.5, 0.6) is 0 Å². The monoisotopic (exact) mass is 295 g/mol. The van der Waals surface area contributed by atoms with E-state index in [1.165, 1.54) is 0 Å². The van der Waals surface area contributed by atoms with E-state index in [4.69, 9.17) is 10.5 Å². The quantitative estimate of drug-likeness (QED) is 0.635. The number of nitrogens with zero attached hydrogens (tertiary/aromatic N) is 2. The number of amides is 1. The number of nitrogen functional groups attached to an aromatic ring is 1. The first-order chi connectivity index (χ1) is 10.0. The van der Waals surface area contributed by atoms with Gasteiger partial charge < -0.3 is 21.1 Å². The van der Waals surface area contributed by atoms with Crippen LogP contribution >= 0.6 is 0 Å². The molecule has 0 aliphatic carbocycles. The highest BCUT2D eigenvalue weighted by atomic mass is 16.5. The molecule has 1 amide bonds. The van der Waals surface area contributed by atoms with Gasteiger partial charge in [-0.05, 0) is 20.3 Å². The second kappa shape index (κ2) is 9.12. The molecule has 0 bridgehead atoms. The van der Waals surface area contributed by atoms with Crippen LogP contribution in [-0.4, -0.2) is 35.1 Å². The smallest absolute Gasteiger partial charge is 0.221 e. The Morgan fingerprint density at radius 2 is 2.19 bits per heavy atom. The lowest BCUT2D eigenvalue weighted by atomic mass is 10.2. The third-order valence-corrected chi connectivity index (χ3v) is 2.91. The van der Waals surface area contributed by atoms with Crippen molar-refractivity contribution >= 4 is 17.5 Å². The van der Waals surface area contributed by atoms with Crippen molar-refractivity contribution in [3.05, 3.63) is 11.9 Å². The van der Waals surface area contributed by atoms with Gasteiger partial charge in [-0.2, -0.15) is 0 Å². The minimum atomic E-state index is 0.0217. The Labute approximate surface area is 125 Å². The predicted molar refractivity (Wildman–Crippen MR) is 82.8 cm³/mol. The summed E-state index contributed by atoms with van der Waals surface area (Å²) in [6, 6.07) is 1.84. The van der Waals surface area contributed by atoms with Crippen LogP contribution in [0.25, 0.3) is 0 Å². The fraction of sp³-hybridized carbons (Fsp3) is 0.643. The Morgan fingerprint density at radius 3 is 2.86 bits per heavy atom. The summed E-state index contributed by atoms with van der Waals surface area (Å²) in [5, 5.41) is 5.99. The molecular weight excluding hydrogens is 270 g/mol. The molecule has 0 saturated heterocycles. The van der Waals surface area contributed by atoms with E-state index in [1.54, 1.807) is 6.07 Å². The van der Waals surface area contributed by atoms with Gasteiger partial charge in [-0.15, -0.1) is 0 Å². The Hall–Kier alpha value is -1.89. The highest BCUT2D eigenvalue weighted by molar-refractivity contribution is 5.76. The van der Waals surface area contributed by atoms with Gasteiger partial charge in [0.15, 0.2) is 5.82 Å². The molecule has 0 fully saturated rings. The van der Waals surface area contributed by atoms with Crippen LogP contribution in [-0.2, 0) is 16.1 Å². The molecule has 1 unspecified atom stereocenters. The second-order valence-electron chi connectivity index (χ2n) is 4.79. The van der Waals surface area contributed by atoms with Crippen molar-refractivity contribution in [1.29, 1.82) is 0 Å². The van der Waals surface area contributed by atoms with Crippen molar-refractivity contribution in [2.24, 2.45) is 0 Å². The number of hydrogen-bond acceptors (Lipinski definition) is 6. The van der Waals surface area contributed by atoms with Gasteiger partial charge in [-0.1, -0.05) is 6.92 Å². The van der Waals surface area contributed by atoms with E-state index in [0.29, 0.717) is 43.6 Å². The molecule has 7 heteroatoms. The van der Waals surface area contributed by atoms with Gasteiger partial charge in [0.25, 0.3) is 0 Å². The zero-order valence-corrected chi connectivity index (χ0v) is 13.0. The van der Waals surface area contributed by atoms with E-state index >= 15 is 0 Å². The molecule has 0 spiro atoms. The summed E-state index contributed by atoms with van der Waals surface area (Å²) in [6.45, 7) is 7.33. The molecule has 1 aromatic heterocycles. The highest BCUT2D eigenvalue weighted by Crippen LogP contribution is 2.09. The number of ether oxygens (including phenoxy) is 1. The number of carbonyl (C=O) groups is 1. The fourth-order valence-electron chi connectivity index (χ4n) is 1.62. The Bertz CT molecular complexity index is 453. The Balaban J connectivity index is 2.44. The van der Waals surface area contributed by atoms with Crippen LogP contribution in [0.4, 0.5) is 11.6 Å². The molecule has 4 N–H and O–H groups in total. The molecule has 7 nitrogen and oxygen atoms in total. The lowest BCUT2D eigenvalue weighted by Crippen LogP contribution is -2.33. The zero-order chi connectivity index (χ0) is 15.7. The molecule has 118 valence electrons. The van der Waals surface area contributed by atoms with Crippen molar-refractivity contribution in [2.75, 3.05) is 24.2 Å². The summed E-state index contributed by atoms with van der Waals surface area (Å²) < 4.78 is 5.26. The summed E-state index contributed by atoms with van der Waals surface area (Å²) in [5.41, 5.74) is 5.72. The lowest BCUT2D eigenvalue weighted by molar-refractivity contribution is -0.121. The van der Waals surface area contributed by atoms with Crippen molar-refractivity contribution in [3.63, 3.8) is 0 Å².